The Bertz CT molecular complexity index is 360. The molecule has 0 saturated carbocycles. The highest BCUT2D eigenvalue weighted by Gasteiger charge is 2.10. The second kappa shape index (κ2) is 6.25. The summed E-state index contributed by atoms with van der Waals surface area (Å²) in [6, 6.07) is 6.72. The quantitative estimate of drug-likeness (QED) is 0.820. The maximum atomic E-state index is 11.8. The van der Waals surface area contributed by atoms with Gasteiger partial charge < -0.3 is 15.7 Å². The van der Waals surface area contributed by atoms with Crippen molar-refractivity contribution in [3.05, 3.63) is 24.3 Å². The number of amides is 1. The average Bonchev–Trinajstić information content (AvgIpc) is 2.28. The fraction of sp³-hybridized carbons (Fsp3) is 0.462. The molecule has 0 aliphatic heterocycles. The van der Waals surface area contributed by atoms with Gasteiger partial charge in [0, 0.05) is 25.2 Å². The molecule has 1 unspecified atom stereocenters. The summed E-state index contributed by atoms with van der Waals surface area (Å²) >= 11 is 0. The van der Waals surface area contributed by atoms with Gasteiger partial charge in [-0.1, -0.05) is 0 Å². The van der Waals surface area contributed by atoms with Gasteiger partial charge in [0.1, 0.15) is 5.75 Å². The Balaban J connectivity index is 2.49. The molecule has 0 bridgehead atoms. The Kier molecular flexibility index (Phi) is 4.97. The Morgan fingerprint density at radius 2 is 2.00 bits per heavy atom. The molecular weight excluding hydrogens is 216 g/mol. The molecule has 0 aliphatic carbocycles. The molecule has 0 heterocycles. The van der Waals surface area contributed by atoms with Crippen LogP contribution in [0, 0.1) is 0 Å². The van der Waals surface area contributed by atoms with E-state index in [0.717, 1.165) is 18.5 Å². The van der Waals surface area contributed by atoms with E-state index in [1.165, 1.54) is 0 Å². The van der Waals surface area contributed by atoms with E-state index in [4.69, 9.17) is 10.8 Å². The van der Waals surface area contributed by atoms with Gasteiger partial charge in [-0.25, -0.2) is 0 Å². The zero-order valence-electron chi connectivity index (χ0n) is 10.4. The van der Waals surface area contributed by atoms with Crippen molar-refractivity contribution in [1.82, 2.24) is 0 Å². The van der Waals surface area contributed by atoms with Crippen LogP contribution in [0.3, 0.4) is 0 Å². The second-order valence-electron chi connectivity index (χ2n) is 4.34. The molecular formula is C13H20N2O2. The standard InChI is InChI=1S/C13H20N2O2/c1-10(14)4-3-5-13(17)15(2)11-6-8-12(16)9-7-11/h6-10,16H,3-5,14H2,1-2H3. The van der Waals surface area contributed by atoms with Gasteiger partial charge >= 0.3 is 0 Å². The lowest BCUT2D eigenvalue weighted by Crippen LogP contribution is -2.26. The van der Waals surface area contributed by atoms with Crippen molar-refractivity contribution >= 4 is 11.6 Å². The largest absolute Gasteiger partial charge is 0.508 e. The third-order valence-corrected chi connectivity index (χ3v) is 2.66. The number of phenols is 1. The van der Waals surface area contributed by atoms with E-state index in [-0.39, 0.29) is 17.7 Å². The summed E-state index contributed by atoms with van der Waals surface area (Å²) < 4.78 is 0. The maximum Gasteiger partial charge on any atom is 0.226 e. The zero-order valence-corrected chi connectivity index (χ0v) is 10.4. The number of hydrogen-bond donors (Lipinski definition) is 2. The molecule has 94 valence electrons. The maximum absolute atomic E-state index is 11.8. The summed E-state index contributed by atoms with van der Waals surface area (Å²) in [5, 5.41) is 9.16. The van der Waals surface area contributed by atoms with Crippen LogP contribution < -0.4 is 10.6 Å². The van der Waals surface area contributed by atoms with Gasteiger partial charge in [-0.05, 0) is 44.0 Å². The van der Waals surface area contributed by atoms with Crippen LogP contribution in [0.1, 0.15) is 26.2 Å². The van der Waals surface area contributed by atoms with Crippen LogP contribution in [0.4, 0.5) is 5.69 Å². The fourth-order valence-electron chi connectivity index (χ4n) is 1.56. The van der Waals surface area contributed by atoms with E-state index < -0.39 is 0 Å². The van der Waals surface area contributed by atoms with Crippen LogP contribution in [0.15, 0.2) is 24.3 Å². The number of hydrogen-bond acceptors (Lipinski definition) is 3. The minimum Gasteiger partial charge on any atom is -0.508 e. The molecule has 3 N–H and O–H groups in total. The topological polar surface area (TPSA) is 66.6 Å². The van der Waals surface area contributed by atoms with Crippen molar-refractivity contribution in [1.29, 1.82) is 0 Å². The predicted molar refractivity (Wildman–Crippen MR) is 69.0 cm³/mol. The average molecular weight is 236 g/mol. The molecule has 17 heavy (non-hydrogen) atoms. The number of nitrogens with zero attached hydrogens (tertiary/aromatic N) is 1. The Hall–Kier alpha value is -1.55. The normalized spacial score (nSPS) is 12.2. The molecule has 1 amide bonds. The first-order valence-corrected chi connectivity index (χ1v) is 5.82. The van der Waals surface area contributed by atoms with Crippen LogP contribution in [0.5, 0.6) is 5.75 Å². The van der Waals surface area contributed by atoms with Crippen LogP contribution >= 0.6 is 0 Å². The third-order valence-electron chi connectivity index (χ3n) is 2.66. The minimum atomic E-state index is 0.0661. The molecule has 1 aromatic rings. The van der Waals surface area contributed by atoms with Gasteiger partial charge in [-0.2, -0.15) is 0 Å². The summed E-state index contributed by atoms with van der Waals surface area (Å²) in [6.07, 6.45) is 2.16. The van der Waals surface area contributed by atoms with E-state index in [1.807, 2.05) is 6.92 Å². The van der Waals surface area contributed by atoms with Crippen LogP contribution in [0.2, 0.25) is 0 Å². The number of rotatable bonds is 5. The molecule has 4 heteroatoms. The van der Waals surface area contributed by atoms with E-state index in [2.05, 4.69) is 0 Å². The summed E-state index contributed by atoms with van der Waals surface area (Å²) in [5.41, 5.74) is 6.42. The predicted octanol–water partition coefficient (Wildman–Crippen LogP) is 1.87. The van der Waals surface area contributed by atoms with Gasteiger partial charge in [0.15, 0.2) is 0 Å². The molecule has 0 spiro atoms. The number of carbonyl (C=O) groups is 1. The summed E-state index contributed by atoms with van der Waals surface area (Å²) in [7, 11) is 1.74. The summed E-state index contributed by atoms with van der Waals surface area (Å²) in [5.74, 6) is 0.267. The first-order chi connectivity index (χ1) is 8.00. The Morgan fingerprint density at radius 3 is 2.53 bits per heavy atom. The van der Waals surface area contributed by atoms with Gasteiger partial charge in [0.25, 0.3) is 0 Å². The third kappa shape index (κ3) is 4.44. The molecule has 1 aromatic carbocycles. The second-order valence-corrected chi connectivity index (χ2v) is 4.34. The number of anilines is 1. The van der Waals surface area contributed by atoms with Crippen molar-refractivity contribution in [3.63, 3.8) is 0 Å². The number of benzene rings is 1. The van der Waals surface area contributed by atoms with Crippen molar-refractivity contribution in [3.8, 4) is 5.75 Å². The van der Waals surface area contributed by atoms with Crippen LogP contribution in [0.25, 0.3) is 0 Å². The van der Waals surface area contributed by atoms with Gasteiger partial charge in [0.2, 0.25) is 5.91 Å². The number of nitrogens with two attached hydrogens (primary N) is 1. The van der Waals surface area contributed by atoms with Crippen molar-refractivity contribution < 1.29 is 9.90 Å². The lowest BCUT2D eigenvalue weighted by Gasteiger charge is -2.17. The molecule has 0 aliphatic rings. The Labute approximate surface area is 102 Å². The molecule has 0 saturated heterocycles. The first kappa shape index (κ1) is 13.5. The highest BCUT2D eigenvalue weighted by atomic mass is 16.3. The highest BCUT2D eigenvalue weighted by Crippen LogP contribution is 2.18. The van der Waals surface area contributed by atoms with E-state index >= 15 is 0 Å². The van der Waals surface area contributed by atoms with Crippen molar-refractivity contribution in [2.75, 3.05) is 11.9 Å². The molecule has 0 radical (unpaired) electrons. The van der Waals surface area contributed by atoms with Crippen LogP contribution in [-0.4, -0.2) is 24.1 Å². The van der Waals surface area contributed by atoms with E-state index in [1.54, 1.807) is 36.2 Å². The van der Waals surface area contributed by atoms with Crippen molar-refractivity contribution in [2.24, 2.45) is 5.73 Å². The van der Waals surface area contributed by atoms with Gasteiger partial charge in [-0.15, -0.1) is 0 Å². The highest BCUT2D eigenvalue weighted by molar-refractivity contribution is 5.92. The van der Waals surface area contributed by atoms with E-state index in [9.17, 15) is 4.79 Å². The lowest BCUT2D eigenvalue weighted by molar-refractivity contribution is -0.118. The molecule has 1 rings (SSSR count). The molecule has 0 fully saturated rings. The number of aromatic hydroxyl groups is 1. The fourth-order valence-corrected chi connectivity index (χ4v) is 1.56. The monoisotopic (exact) mass is 236 g/mol. The molecule has 1 atom stereocenters. The number of phenolic OH excluding ortho intramolecular Hbond substituents is 1. The number of carbonyl (C=O) groups excluding carboxylic acids is 1. The smallest absolute Gasteiger partial charge is 0.226 e. The lowest BCUT2D eigenvalue weighted by atomic mass is 10.1. The Morgan fingerprint density at radius 1 is 1.41 bits per heavy atom. The zero-order chi connectivity index (χ0) is 12.8. The SMILES string of the molecule is CC(N)CCCC(=O)N(C)c1ccc(O)cc1. The van der Waals surface area contributed by atoms with Gasteiger partial charge in [-0.3, -0.25) is 4.79 Å². The minimum absolute atomic E-state index is 0.0661. The van der Waals surface area contributed by atoms with Gasteiger partial charge in [0.05, 0.1) is 0 Å². The summed E-state index contributed by atoms with van der Waals surface area (Å²) in [6.45, 7) is 1.94. The van der Waals surface area contributed by atoms with Crippen molar-refractivity contribution in [2.45, 2.75) is 32.2 Å². The van der Waals surface area contributed by atoms with Crippen LogP contribution in [-0.2, 0) is 4.79 Å². The first-order valence-electron chi connectivity index (χ1n) is 5.82. The van der Waals surface area contributed by atoms with E-state index in [0.29, 0.717) is 6.42 Å². The molecule has 0 aromatic heterocycles. The molecule has 4 nitrogen and oxygen atoms in total. The summed E-state index contributed by atoms with van der Waals surface area (Å²) in [4.78, 5) is 13.4.